The van der Waals surface area contributed by atoms with Crippen molar-refractivity contribution in [3.63, 3.8) is 0 Å². The van der Waals surface area contributed by atoms with E-state index in [9.17, 15) is 4.79 Å². The summed E-state index contributed by atoms with van der Waals surface area (Å²) in [6, 6.07) is 8.16. The average Bonchev–Trinajstić information content (AvgIpc) is 3.09. The van der Waals surface area contributed by atoms with Gasteiger partial charge in [0.25, 0.3) is 0 Å². The predicted molar refractivity (Wildman–Crippen MR) is 114 cm³/mol. The lowest BCUT2D eigenvalue weighted by Crippen LogP contribution is -2.48. The number of nitrogens with zero attached hydrogens (tertiary/aromatic N) is 3. The van der Waals surface area contributed by atoms with E-state index in [1.165, 1.54) is 22.7 Å². The number of carbonyl (C=O) groups excluding carboxylic acids is 1. The van der Waals surface area contributed by atoms with E-state index < -0.39 is 0 Å². The van der Waals surface area contributed by atoms with Gasteiger partial charge in [-0.15, -0.1) is 11.3 Å². The van der Waals surface area contributed by atoms with E-state index in [-0.39, 0.29) is 5.91 Å². The second-order valence-corrected chi connectivity index (χ2v) is 8.83. The Labute approximate surface area is 170 Å². The highest BCUT2D eigenvalue weighted by Crippen LogP contribution is 2.32. The smallest absolute Gasteiger partial charge is 0.240 e. The summed E-state index contributed by atoms with van der Waals surface area (Å²) in [5.41, 5.74) is 2.39. The van der Waals surface area contributed by atoms with Gasteiger partial charge in [0.15, 0.2) is 5.13 Å². The van der Waals surface area contributed by atoms with Gasteiger partial charge < -0.3 is 15.0 Å². The van der Waals surface area contributed by atoms with E-state index in [1.54, 1.807) is 18.4 Å². The summed E-state index contributed by atoms with van der Waals surface area (Å²) in [7, 11) is 1.68. The number of ether oxygens (including phenoxy) is 1. The van der Waals surface area contributed by atoms with Crippen LogP contribution in [0.4, 0.5) is 10.8 Å². The lowest BCUT2D eigenvalue weighted by Gasteiger charge is -2.35. The Hall–Kier alpha value is -2.12. The number of piperazine rings is 1. The molecular formula is C21H28N4O2S. The van der Waals surface area contributed by atoms with Crippen LogP contribution in [0.1, 0.15) is 23.9 Å². The SMILES string of the molecule is COc1ccc(N2CCN(CC(=O)Nc3nc4c(s3)C[C@@H](C)CC4)CC2)cc1. The molecule has 2 aromatic rings. The lowest BCUT2D eigenvalue weighted by molar-refractivity contribution is -0.117. The Kier molecular flexibility index (Phi) is 5.82. The molecule has 6 nitrogen and oxygen atoms in total. The number of amides is 1. The first-order valence-electron chi connectivity index (χ1n) is 10.0. The van der Waals surface area contributed by atoms with Crippen LogP contribution in [0, 0.1) is 5.92 Å². The fraction of sp³-hybridized carbons (Fsp3) is 0.524. The lowest BCUT2D eigenvalue weighted by atomic mass is 9.93. The molecule has 0 spiro atoms. The van der Waals surface area contributed by atoms with Gasteiger partial charge in [-0.25, -0.2) is 4.98 Å². The van der Waals surface area contributed by atoms with Crippen molar-refractivity contribution in [2.45, 2.75) is 26.2 Å². The van der Waals surface area contributed by atoms with Crippen LogP contribution < -0.4 is 15.0 Å². The Morgan fingerprint density at radius 2 is 2.00 bits per heavy atom. The number of thiazole rings is 1. The molecular weight excluding hydrogens is 372 g/mol. The number of benzene rings is 1. The minimum Gasteiger partial charge on any atom is -0.497 e. The number of hydrogen-bond donors (Lipinski definition) is 1. The zero-order valence-electron chi connectivity index (χ0n) is 16.6. The molecule has 4 rings (SSSR count). The maximum absolute atomic E-state index is 12.5. The predicted octanol–water partition coefficient (Wildman–Crippen LogP) is 3.04. The molecule has 0 bridgehead atoms. The summed E-state index contributed by atoms with van der Waals surface area (Å²) in [5, 5.41) is 3.78. The first-order valence-corrected chi connectivity index (χ1v) is 10.8. The number of carbonyl (C=O) groups is 1. The van der Waals surface area contributed by atoms with Crippen molar-refractivity contribution < 1.29 is 9.53 Å². The Bertz CT molecular complexity index is 812. The van der Waals surface area contributed by atoms with Crippen LogP contribution >= 0.6 is 11.3 Å². The first-order chi connectivity index (χ1) is 13.6. The third-order valence-electron chi connectivity index (χ3n) is 5.61. The van der Waals surface area contributed by atoms with Crippen molar-refractivity contribution in [2.75, 3.05) is 50.1 Å². The minimum atomic E-state index is 0.0389. The van der Waals surface area contributed by atoms with E-state index in [4.69, 9.17) is 4.74 Å². The van der Waals surface area contributed by atoms with Gasteiger partial charge in [0.1, 0.15) is 5.75 Å². The zero-order valence-corrected chi connectivity index (χ0v) is 17.4. The number of methoxy groups -OCH3 is 1. The molecule has 2 aliphatic rings. The van der Waals surface area contributed by atoms with Gasteiger partial charge in [-0.3, -0.25) is 9.69 Å². The normalized spacial score (nSPS) is 19.9. The molecule has 0 unspecified atom stereocenters. The van der Waals surface area contributed by atoms with Gasteiger partial charge in [0.05, 0.1) is 19.3 Å². The van der Waals surface area contributed by atoms with E-state index in [0.29, 0.717) is 6.54 Å². The van der Waals surface area contributed by atoms with Crippen molar-refractivity contribution in [2.24, 2.45) is 5.92 Å². The molecule has 150 valence electrons. The van der Waals surface area contributed by atoms with E-state index in [1.807, 2.05) is 12.1 Å². The van der Waals surface area contributed by atoms with Gasteiger partial charge in [0.2, 0.25) is 5.91 Å². The van der Waals surface area contributed by atoms with Crippen LogP contribution in [0.15, 0.2) is 24.3 Å². The zero-order chi connectivity index (χ0) is 19.5. The number of hydrogen-bond acceptors (Lipinski definition) is 6. The van der Waals surface area contributed by atoms with Crippen molar-refractivity contribution >= 4 is 28.1 Å². The van der Waals surface area contributed by atoms with Gasteiger partial charge in [-0.1, -0.05) is 6.92 Å². The minimum absolute atomic E-state index is 0.0389. The van der Waals surface area contributed by atoms with Crippen LogP contribution in [0.25, 0.3) is 0 Å². The molecule has 0 radical (unpaired) electrons. The highest BCUT2D eigenvalue weighted by atomic mass is 32.1. The molecule has 1 aliphatic carbocycles. The maximum Gasteiger partial charge on any atom is 0.240 e. The third kappa shape index (κ3) is 4.47. The monoisotopic (exact) mass is 400 g/mol. The summed E-state index contributed by atoms with van der Waals surface area (Å²) in [6.45, 7) is 6.31. The molecule has 1 aromatic carbocycles. The van der Waals surface area contributed by atoms with Crippen LogP contribution in [0.2, 0.25) is 0 Å². The Balaban J connectivity index is 1.26. The topological polar surface area (TPSA) is 57.7 Å². The maximum atomic E-state index is 12.5. The molecule has 1 N–H and O–H groups in total. The highest BCUT2D eigenvalue weighted by molar-refractivity contribution is 7.15. The largest absolute Gasteiger partial charge is 0.497 e. The van der Waals surface area contributed by atoms with E-state index in [2.05, 4.69) is 39.2 Å². The molecule has 0 saturated carbocycles. The van der Waals surface area contributed by atoms with Crippen molar-refractivity contribution in [3.8, 4) is 5.75 Å². The molecule has 1 aromatic heterocycles. The molecule has 7 heteroatoms. The fourth-order valence-corrected chi connectivity index (χ4v) is 5.10. The third-order valence-corrected chi connectivity index (χ3v) is 6.64. The molecule has 28 heavy (non-hydrogen) atoms. The van der Waals surface area contributed by atoms with E-state index in [0.717, 1.165) is 55.8 Å². The second-order valence-electron chi connectivity index (χ2n) is 7.75. The van der Waals surface area contributed by atoms with Crippen LogP contribution in [-0.4, -0.2) is 55.6 Å². The van der Waals surface area contributed by atoms with Gasteiger partial charge in [-0.05, 0) is 49.4 Å². The molecule has 1 aliphatic heterocycles. The Morgan fingerprint density at radius 3 is 2.71 bits per heavy atom. The number of anilines is 2. The highest BCUT2D eigenvalue weighted by Gasteiger charge is 2.22. The second kappa shape index (κ2) is 8.49. The summed E-state index contributed by atoms with van der Waals surface area (Å²) in [4.78, 5) is 23.0. The number of nitrogens with one attached hydrogen (secondary N) is 1. The summed E-state index contributed by atoms with van der Waals surface area (Å²) >= 11 is 1.65. The first kappa shape index (κ1) is 19.2. The molecule has 1 atom stereocenters. The summed E-state index contributed by atoms with van der Waals surface area (Å²) < 4.78 is 5.22. The number of aryl methyl sites for hydroxylation is 1. The average molecular weight is 401 g/mol. The Morgan fingerprint density at radius 1 is 1.25 bits per heavy atom. The molecule has 1 amide bonds. The molecule has 1 saturated heterocycles. The number of aromatic nitrogens is 1. The fourth-order valence-electron chi connectivity index (χ4n) is 3.91. The molecule has 1 fully saturated rings. The van der Waals surface area contributed by atoms with Crippen molar-refractivity contribution in [3.05, 3.63) is 34.8 Å². The van der Waals surface area contributed by atoms with Crippen LogP contribution in [0.5, 0.6) is 5.75 Å². The van der Waals surface area contributed by atoms with Crippen molar-refractivity contribution in [1.29, 1.82) is 0 Å². The van der Waals surface area contributed by atoms with Gasteiger partial charge in [0, 0.05) is 36.7 Å². The summed E-state index contributed by atoms with van der Waals surface area (Å²) in [5.74, 6) is 1.63. The van der Waals surface area contributed by atoms with Crippen LogP contribution in [0.3, 0.4) is 0 Å². The van der Waals surface area contributed by atoms with Crippen LogP contribution in [-0.2, 0) is 17.6 Å². The number of rotatable bonds is 5. The molecule has 2 heterocycles. The van der Waals surface area contributed by atoms with Gasteiger partial charge >= 0.3 is 0 Å². The number of fused-ring (bicyclic) bond motifs is 1. The quantitative estimate of drug-likeness (QED) is 0.836. The standard InChI is InChI=1S/C21H28N4O2S/c1-15-3-8-18-19(13-15)28-21(22-18)23-20(26)14-24-9-11-25(12-10-24)16-4-6-17(27-2)7-5-16/h4-7,15H,3,8-14H2,1-2H3,(H,22,23,26)/t15-/m0/s1. The van der Waals surface area contributed by atoms with Crippen molar-refractivity contribution in [1.82, 2.24) is 9.88 Å². The summed E-state index contributed by atoms with van der Waals surface area (Å²) in [6.07, 6.45) is 3.33. The van der Waals surface area contributed by atoms with E-state index >= 15 is 0 Å². The van der Waals surface area contributed by atoms with Gasteiger partial charge in [-0.2, -0.15) is 0 Å².